The Morgan fingerprint density at radius 1 is 1.19 bits per heavy atom. The molecule has 37 heavy (non-hydrogen) atoms. The van der Waals surface area contributed by atoms with E-state index in [0.29, 0.717) is 23.8 Å². The number of amides is 2. The Bertz CT molecular complexity index is 1450. The quantitative estimate of drug-likeness (QED) is 0.254. The number of anilines is 2. The summed E-state index contributed by atoms with van der Waals surface area (Å²) in [6, 6.07) is 8.37. The van der Waals surface area contributed by atoms with E-state index in [1.165, 1.54) is 6.07 Å². The van der Waals surface area contributed by atoms with Crippen LogP contribution in [0.1, 0.15) is 57.6 Å². The number of halogens is 2. The highest BCUT2D eigenvalue weighted by atomic mass is 32.1. The van der Waals surface area contributed by atoms with Crippen molar-refractivity contribution in [1.29, 1.82) is 0 Å². The Morgan fingerprint density at radius 2 is 1.92 bits per heavy atom. The highest BCUT2D eigenvalue weighted by molar-refractivity contribution is 7.20. The second-order valence-corrected chi connectivity index (χ2v) is 9.02. The van der Waals surface area contributed by atoms with Crippen molar-refractivity contribution in [3.63, 3.8) is 0 Å². The SMILES string of the molecule is CCC(O)c1cc(F)c(-c2cc(C(N)=O)c(Nc3cccc(CNC(=O)c4nc(C)no4)n3)s2)c(F)c1. The number of nitrogens with two attached hydrogens (primary N) is 1. The third-order valence-electron chi connectivity index (χ3n) is 5.28. The Hall–Kier alpha value is -4.23. The number of primary amides is 1. The molecule has 1 aromatic carbocycles. The van der Waals surface area contributed by atoms with E-state index in [2.05, 4.69) is 25.8 Å². The first-order chi connectivity index (χ1) is 17.7. The zero-order chi connectivity index (χ0) is 26.7. The van der Waals surface area contributed by atoms with Crippen molar-refractivity contribution in [3.8, 4) is 10.4 Å². The Kier molecular flexibility index (Phi) is 7.55. The smallest absolute Gasteiger partial charge is 0.315 e. The first-order valence-electron chi connectivity index (χ1n) is 11.1. The van der Waals surface area contributed by atoms with Crippen molar-refractivity contribution in [1.82, 2.24) is 20.4 Å². The Morgan fingerprint density at radius 3 is 2.54 bits per heavy atom. The largest absolute Gasteiger partial charge is 0.388 e. The molecule has 10 nitrogen and oxygen atoms in total. The molecule has 0 aliphatic heterocycles. The Balaban J connectivity index is 1.57. The number of carbonyl (C=O) groups excluding carboxylic acids is 2. The monoisotopic (exact) mass is 528 g/mol. The van der Waals surface area contributed by atoms with Crippen LogP contribution in [0.4, 0.5) is 19.6 Å². The highest BCUT2D eigenvalue weighted by Crippen LogP contribution is 2.39. The van der Waals surface area contributed by atoms with E-state index < -0.39 is 29.6 Å². The van der Waals surface area contributed by atoms with Gasteiger partial charge in [0.05, 0.1) is 29.5 Å². The number of benzene rings is 1. The molecular weight excluding hydrogens is 506 g/mol. The van der Waals surface area contributed by atoms with Crippen molar-refractivity contribution >= 4 is 34.0 Å². The number of aryl methyl sites for hydroxylation is 1. The number of carbonyl (C=O) groups is 2. The van der Waals surface area contributed by atoms with Gasteiger partial charge in [-0.25, -0.2) is 13.8 Å². The molecule has 0 saturated carbocycles. The average Bonchev–Trinajstić information content (AvgIpc) is 3.48. The molecule has 0 radical (unpaired) electrons. The third kappa shape index (κ3) is 5.78. The van der Waals surface area contributed by atoms with Crippen LogP contribution < -0.4 is 16.4 Å². The van der Waals surface area contributed by atoms with Crippen LogP contribution in [0, 0.1) is 18.6 Å². The lowest BCUT2D eigenvalue weighted by atomic mass is 10.0. The molecule has 13 heteroatoms. The fourth-order valence-electron chi connectivity index (χ4n) is 3.45. The van der Waals surface area contributed by atoms with Crippen molar-refractivity contribution in [2.75, 3.05) is 5.32 Å². The van der Waals surface area contributed by atoms with E-state index in [-0.39, 0.29) is 39.0 Å². The van der Waals surface area contributed by atoms with Crippen LogP contribution in [-0.4, -0.2) is 32.0 Å². The van der Waals surface area contributed by atoms with E-state index in [1.54, 1.807) is 32.0 Å². The van der Waals surface area contributed by atoms with Gasteiger partial charge in [-0.2, -0.15) is 4.98 Å². The Labute approximate surface area is 213 Å². The van der Waals surface area contributed by atoms with Gasteiger partial charge in [0.1, 0.15) is 22.5 Å². The standard InChI is InChI=1S/C24H22F2N6O4S/c1-3-17(33)12-7-15(25)20(16(26)8-12)18-9-14(21(27)34)24(37-18)31-19-6-4-5-13(30-19)10-28-22(35)23-29-11(2)32-36-23/h4-9,17,33H,3,10H2,1-2H3,(H2,27,34)(H,28,35)(H,30,31). The number of hydrogen-bond acceptors (Lipinski definition) is 9. The lowest BCUT2D eigenvalue weighted by molar-refractivity contribution is 0.0906. The summed E-state index contributed by atoms with van der Waals surface area (Å²) < 4.78 is 34.5. The van der Waals surface area contributed by atoms with Gasteiger partial charge in [-0.1, -0.05) is 18.1 Å². The highest BCUT2D eigenvalue weighted by Gasteiger charge is 2.22. The van der Waals surface area contributed by atoms with Crippen LogP contribution >= 0.6 is 11.3 Å². The minimum absolute atomic E-state index is 0.0174. The zero-order valence-corrected chi connectivity index (χ0v) is 20.5. The molecule has 3 aromatic heterocycles. The van der Waals surface area contributed by atoms with Crippen LogP contribution in [-0.2, 0) is 6.54 Å². The molecule has 1 atom stereocenters. The van der Waals surface area contributed by atoms with E-state index in [1.807, 2.05) is 0 Å². The van der Waals surface area contributed by atoms with Gasteiger partial charge in [0, 0.05) is 4.88 Å². The summed E-state index contributed by atoms with van der Waals surface area (Å²) in [6.07, 6.45) is -0.706. The maximum Gasteiger partial charge on any atom is 0.315 e. The number of hydrogen-bond donors (Lipinski definition) is 4. The van der Waals surface area contributed by atoms with Crippen LogP contribution in [0.25, 0.3) is 10.4 Å². The summed E-state index contributed by atoms with van der Waals surface area (Å²) in [5.41, 5.74) is 5.77. The van der Waals surface area contributed by atoms with E-state index in [9.17, 15) is 23.5 Å². The fourth-order valence-corrected chi connectivity index (χ4v) is 4.56. The van der Waals surface area contributed by atoms with Crippen LogP contribution in [0.15, 0.2) is 40.9 Å². The summed E-state index contributed by atoms with van der Waals surface area (Å²) in [5, 5.41) is 19.3. The average molecular weight is 529 g/mol. The molecule has 0 aliphatic rings. The van der Waals surface area contributed by atoms with Crippen molar-refractivity contribution in [3.05, 3.63) is 76.6 Å². The van der Waals surface area contributed by atoms with Crippen LogP contribution in [0.2, 0.25) is 0 Å². The second kappa shape index (κ2) is 10.8. The minimum atomic E-state index is -1.00. The molecule has 0 bridgehead atoms. The molecule has 5 N–H and O–H groups in total. The fraction of sp³-hybridized carbons (Fsp3) is 0.208. The second-order valence-electron chi connectivity index (χ2n) is 7.97. The maximum absolute atomic E-state index is 14.8. The molecule has 2 amide bonds. The number of rotatable bonds is 9. The number of thiophene rings is 1. The van der Waals surface area contributed by atoms with Gasteiger partial charge in [0.25, 0.3) is 5.91 Å². The molecule has 4 rings (SSSR count). The van der Waals surface area contributed by atoms with Gasteiger partial charge < -0.3 is 26.0 Å². The van der Waals surface area contributed by atoms with E-state index in [0.717, 1.165) is 23.5 Å². The predicted molar refractivity (Wildman–Crippen MR) is 131 cm³/mol. The lowest BCUT2D eigenvalue weighted by Crippen LogP contribution is -2.23. The van der Waals surface area contributed by atoms with Crippen molar-refractivity contribution in [2.24, 2.45) is 5.73 Å². The topological polar surface area (TPSA) is 156 Å². The summed E-state index contributed by atoms with van der Waals surface area (Å²) >= 11 is 0.916. The predicted octanol–water partition coefficient (Wildman–Crippen LogP) is 4.00. The van der Waals surface area contributed by atoms with Gasteiger partial charge in [0.15, 0.2) is 5.82 Å². The van der Waals surface area contributed by atoms with E-state index in [4.69, 9.17) is 10.3 Å². The summed E-state index contributed by atoms with van der Waals surface area (Å²) in [5.74, 6) is -2.68. The number of nitrogens with zero attached hydrogens (tertiary/aromatic N) is 3. The minimum Gasteiger partial charge on any atom is -0.388 e. The van der Waals surface area contributed by atoms with Crippen LogP contribution in [0.5, 0.6) is 0 Å². The molecule has 192 valence electrons. The molecule has 1 unspecified atom stereocenters. The number of nitrogens with one attached hydrogen (secondary N) is 2. The maximum atomic E-state index is 14.8. The summed E-state index contributed by atoms with van der Waals surface area (Å²) in [4.78, 5) is 32.5. The molecule has 0 aliphatic carbocycles. The van der Waals surface area contributed by atoms with Gasteiger partial charge in [0.2, 0.25) is 0 Å². The molecule has 0 saturated heterocycles. The van der Waals surface area contributed by atoms with Gasteiger partial charge in [-0.15, -0.1) is 11.3 Å². The number of aliphatic hydroxyl groups excluding tert-OH is 1. The van der Waals surface area contributed by atoms with Crippen LogP contribution in [0.3, 0.4) is 0 Å². The molecule has 0 fully saturated rings. The summed E-state index contributed by atoms with van der Waals surface area (Å²) in [7, 11) is 0. The first kappa shape index (κ1) is 25.9. The normalized spacial score (nSPS) is 11.8. The third-order valence-corrected chi connectivity index (χ3v) is 6.35. The summed E-state index contributed by atoms with van der Waals surface area (Å²) in [6.45, 7) is 3.32. The number of aliphatic hydroxyl groups is 1. The molecule has 0 spiro atoms. The lowest BCUT2D eigenvalue weighted by Gasteiger charge is -2.11. The van der Waals surface area contributed by atoms with E-state index >= 15 is 0 Å². The molecule has 4 aromatic rings. The molecular formula is C24H22F2N6O4S. The van der Waals surface area contributed by atoms with Crippen molar-refractivity contribution in [2.45, 2.75) is 32.9 Å². The van der Waals surface area contributed by atoms with Crippen molar-refractivity contribution < 1.29 is 28.0 Å². The number of aromatic nitrogens is 3. The number of pyridine rings is 1. The van der Waals surface area contributed by atoms with Gasteiger partial charge >= 0.3 is 11.8 Å². The van der Waals surface area contributed by atoms with Gasteiger partial charge in [-0.3, -0.25) is 9.59 Å². The first-order valence-corrected chi connectivity index (χ1v) is 11.9. The molecule has 3 heterocycles. The van der Waals surface area contributed by atoms with Gasteiger partial charge in [-0.05, 0) is 49.2 Å². The zero-order valence-electron chi connectivity index (χ0n) is 19.7.